The minimum Gasteiger partial charge on any atom is -0.330 e. The first-order chi connectivity index (χ1) is 7.78. The number of rotatable bonds is 5. The van der Waals surface area contributed by atoms with E-state index in [2.05, 4.69) is 38.4 Å². The van der Waals surface area contributed by atoms with Gasteiger partial charge in [0.2, 0.25) is 0 Å². The third-order valence-electron chi connectivity index (χ3n) is 2.23. The Morgan fingerprint density at radius 1 is 1.50 bits per heavy atom. The molecular formula is C11H16N4S. The first-order valence-electron chi connectivity index (χ1n) is 5.40. The van der Waals surface area contributed by atoms with Gasteiger partial charge < -0.3 is 9.88 Å². The van der Waals surface area contributed by atoms with Crippen LogP contribution in [0.15, 0.2) is 17.9 Å². The van der Waals surface area contributed by atoms with Gasteiger partial charge in [-0.2, -0.15) is 0 Å². The molecule has 5 heteroatoms. The number of nitrogens with zero attached hydrogens (tertiary/aromatic N) is 3. The van der Waals surface area contributed by atoms with E-state index in [0.29, 0.717) is 0 Å². The Balaban J connectivity index is 1.97. The van der Waals surface area contributed by atoms with Gasteiger partial charge in [-0.05, 0) is 13.5 Å². The second-order valence-electron chi connectivity index (χ2n) is 3.70. The van der Waals surface area contributed by atoms with Crippen LogP contribution in [0.2, 0.25) is 0 Å². The molecule has 2 heterocycles. The van der Waals surface area contributed by atoms with Crippen molar-refractivity contribution in [2.45, 2.75) is 26.9 Å². The van der Waals surface area contributed by atoms with Crippen LogP contribution >= 0.6 is 11.3 Å². The fraction of sp³-hybridized carbons (Fsp3) is 0.455. The molecule has 0 bridgehead atoms. The van der Waals surface area contributed by atoms with E-state index in [1.165, 1.54) is 0 Å². The SMILES string of the molecule is CCNCc1cn(Cc2nc(C)cs2)cn1. The highest BCUT2D eigenvalue weighted by Crippen LogP contribution is 2.10. The second kappa shape index (κ2) is 5.23. The Bertz CT molecular complexity index is 446. The minimum atomic E-state index is 0.817. The lowest BCUT2D eigenvalue weighted by Crippen LogP contribution is -2.11. The molecule has 0 aromatic carbocycles. The van der Waals surface area contributed by atoms with Gasteiger partial charge in [0.05, 0.1) is 18.6 Å². The average Bonchev–Trinajstić information content (AvgIpc) is 2.86. The molecule has 2 aromatic rings. The maximum Gasteiger partial charge on any atom is 0.113 e. The number of nitrogens with one attached hydrogen (secondary N) is 1. The third kappa shape index (κ3) is 2.90. The molecule has 2 aromatic heterocycles. The average molecular weight is 236 g/mol. The smallest absolute Gasteiger partial charge is 0.113 e. The third-order valence-corrected chi connectivity index (χ3v) is 3.18. The fourth-order valence-electron chi connectivity index (χ4n) is 1.47. The van der Waals surface area contributed by atoms with Crippen LogP contribution < -0.4 is 5.32 Å². The zero-order valence-corrected chi connectivity index (χ0v) is 10.4. The Morgan fingerprint density at radius 2 is 2.38 bits per heavy atom. The van der Waals surface area contributed by atoms with Gasteiger partial charge in [-0.15, -0.1) is 11.3 Å². The zero-order valence-electron chi connectivity index (χ0n) is 9.60. The predicted molar refractivity (Wildman–Crippen MR) is 65.6 cm³/mol. The van der Waals surface area contributed by atoms with Crippen LogP contribution in [-0.4, -0.2) is 21.1 Å². The van der Waals surface area contributed by atoms with E-state index in [0.717, 1.165) is 36.0 Å². The van der Waals surface area contributed by atoms with Crippen molar-refractivity contribution in [3.63, 3.8) is 0 Å². The molecule has 0 aliphatic rings. The summed E-state index contributed by atoms with van der Waals surface area (Å²) in [4.78, 5) is 8.77. The second-order valence-corrected chi connectivity index (χ2v) is 4.64. The minimum absolute atomic E-state index is 0.817. The van der Waals surface area contributed by atoms with Crippen molar-refractivity contribution < 1.29 is 0 Å². The van der Waals surface area contributed by atoms with E-state index in [4.69, 9.17) is 0 Å². The van der Waals surface area contributed by atoms with Gasteiger partial charge in [0, 0.05) is 23.8 Å². The lowest BCUT2D eigenvalue weighted by molar-refractivity contribution is 0.711. The van der Waals surface area contributed by atoms with Crippen LogP contribution in [0, 0.1) is 6.92 Å². The highest BCUT2D eigenvalue weighted by molar-refractivity contribution is 7.09. The van der Waals surface area contributed by atoms with Gasteiger partial charge in [0.1, 0.15) is 5.01 Å². The largest absolute Gasteiger partial charge is 0.330 e. The summed E-state index contributed by atoms with van der Waals surface area (Å²) in [5.41, 5.74) is 2.17. The molecule has 0 aliphatic carbocycles. The standard InChI is InChI=1S/C11H16N4S/c1-3-12-4-10-5-15(8-13-10)6-11-14-9(2)7-16-11/h5,7-8,12H,3-4,6H2,1-2H3. The summed E-state index contributed by atoms with van der Waals surface area (Å²) < 4.78 is 2.07. The summed E-state index contributed by atoms with van der Waals surface area (Å²) in [5, 5.41) is 6.46. The van der Waals surface area contributed by atoms with Crippen molar-refractivity contribution in [3.8, 4) is 0 Å². The van der Waals surface area contributed by atoms with Crippen molar-refractivity contribution in [1.29, 1.82) is 0 Å². The van der Waals surface area contributed by atoms with Crippen LogP contribution in [0.3, 0.4) is 0 Å². The maximum absolute atomic E-state index is 4.43. The van der Waals surface area contributed by atoms with Gasteiger partial charge in [0.25, 0.3) is 0 Å². The molecule has 0 unspecified atom stereocenters. The van der Waals surface area contributed by atoms with Crippen molar-refractivity contribution >= 4 is 11.3 Å². The van der Waals surface area contributed by atoms with Crippen molar-refractivity contribution in [2.75, 3.05) is 6.54 Å². The zero-order chi connectivity index (χ0) is 11.4. The molecule has 0 fully saturated rings. The van der Waals surface area contributed by atoms with Crippen LogP contribution in [-0.2, 0) is 13.1 Å². The Morgan fingerprint density at radius 3 is 3.06 bits per heavy atom. The molecule has 0 spiro atoms. The monoisotopic (exact) mass is 236 g/mol. The van der Waals surface area contributed by atoms with E-state index in [-0.39, 0.29) is 0 Å². The van der Waals surface area contributed by atoms with E-state index in [1.807, 2.05) is 13.3 Å². The van der Waals surface area contributed by atoms with Crippen LogP contribution in [0.25, 0.3) is 0 Å². The van der Waals surface area contributed by atoms with E-state index >= 15 is 0 Å². The summed E-state index contributed by atoms with van der Waals surface area (Å²) in [6.45, 7) is 6.73. The number of aryl methyl sites for hydroxylation is 1. The van der Waals surface area contributed by atoms with Crippen LogP contribution in [0.1, 0.15) is 23.3 Å². The van der Waals surface area contributed by atoms with E-state index < -0.39 is 0 Å². The summed E-state index contributed by atoms with van der Waals surface area (Å²) in [6.07, 6.45) is 3.93. The summed E-state index contributed by atoms with van der Waals surface area (Å²) >= 11 is 1.70. The number of thiazole rings is 1. The van der Waals surface area contributed by atoms with Crippen LogP contribution in [0.5, 0.6) is 0 Å². The van der Waals surface area contributed by atoms with E-state index in [9.17, 15) is 0 Å². The fourth-order valence-corrected chi connectivity index (χ4v) is 2.25. The highest BCUT2D eigenvalue weighted by atomic mass is 32.1. The number of imidazole rings is 1. The molecule has 0 amide bonds. The number of aromatic nitrogens is 3. The van der Waals surface area contributed by atoms with Crippen molar-refractivity contribution in [3.05, 3.63) is 34.3 Å². The quantitative estimate of drug-likeness (QED) is 0.861. The molecule has 0 saturated heterocycles. The first kappa shape index (κ1) is 11.3. The van der Waals surface area contributed by atoms with Gasteiger partial charge in [-0.1, -0.05) is 6.92 Å². The van der Waals surface area contributed by atoms with Crippen LogP contribution in [0.4, 0.5) is 0 Å². The Hall–Kier alpha value is -1.20. The predicted octanol–water partition coefficient (Wildman–Crippen LogP) is 1.81. The lowest BCUT2D eigenvalue weighted by Gasteiger charge is -1.97. The van der Waals surface area contributed by atoms with Gasteiger partial charge in [-0.3, -0.25) is 0 Å². The molecule has 0 aliphatic heterocycles. The van der Waals surface area contributed by atoms with Crippen molar-refractivity contribution in [1.82, 2.24) is 19.9 Å². The van der Waals surface area contributed by atoms with Gasteiger partial charge >= 0.3 is 0 Å². The molecule has 86 valence electrons. The molecule has 0 atom stereocenters. The first-order valence-corrected chi connectivity index (χ1v) is 6.28. The number of hydrogen-bond donors (Lipinski definition) is 1. The molecule has 0 saturated carbocycles. The topological polar surface area (TPSA) is 42.7 Å². The van der Waals surface area contributed by atoms with Gasteiger partial charge in [-0.25, -0.2) is 9.97 Å². The molecule has 0 radical (unpaired) electrons. The summed E-state index contributed by atoms with van der Waals surface area (Å²) in [6, 6.07) is 0. The molecule has 16 heavy (non-hydrogen) atoms. The number of hydrogen-bond acceptors (Lipinski definition) is 4. The Kier molecular flexibility index (Phi) is 3.69. The molecule has 4 nitrogen and oxygen atoms in total. The molecule has 2 rings (SSSR count). The van der Waals surface area contributed by atoms with Crippen molar-refractivity contribution in [2.24, 2.45) is 0 Å². The molecular weight excluding hydrogens is 220 g/mol. The summed E-state index contributed by atoms with van der Waals surface area (Å²) in [7, 11) is 0. The normalized spacial score (nSPS) is 10.9. The Labute approximate surface area is 99.4 Å². The maximum atomic E-state index is 4.43. The van der Waals surface area contributed by atoms with E-state index in [1.54, 1.807) is 11.3 Å². The highest BCUT2D eigenvalue weighted by Gasteiger charge is 2.02. The summed E-state index contributed by atoms with van der Waals surface area (Å²) in [5.74, 6) is 0. The lowest BCUT2D eigenvalue weighted by atomic mass is 10.4. The van der Waals surface area contributed by atoms with Gasteiger partial charge in [0.15, 0.2) is 0 Å². The molecule has 1 N–H and O–H groups in total.